The average Bonchev–Trinajstić information content (AvgIpc) is 3.23. The van der Waals surface area contributed by atoms with Crippen LogP contribution in [0.2, 0.25) is 0 Å². The first-order valence-corrected chi connectivity index (χ1v) is 12.5. The standard InChI is InChI=1S/C22H27N5O3S2/c1-14(2)27-20(29)18-19(24-21(32-18)26-11-7-4-8-12-26)25-22(27)31-13-17(28)23-15-9-5-6-10-16(15)30-3/h5-6,9-10,14H,4,7-8,11-13H2,1-3H3,(H,23,28). The van der Waals surface area contributed by atoms with Gasteiger partial charge in [-0.2, -0.15) is 4.98 Å². The number of carbonyl (C=O) groups is 1. The van der Waals surface area contributed by atoms with Crippen molar-refractivity contribution in [1.29, 1.82) is 0 Å². The van der Waals surface area contributed by atoms with E-state index in [9.17, 15) is 9.59 Å². The average molecular weight is 474 g/mol. The van der Waals surface area contributed by atoms with Crippen molar-refractivity contribution in [2.24, 2.45) is 0 Å². The van der Waals surface area contributed by atoms with E-state index in [2.05, 4.69) is 20.2 Å². The van der Waals surface area contributed by atoms with Crippen LogP contribution in [0.1, 0.15) is 39.2 Å². The van der Waals surface area contributed by atoms with E-state index < -0.39 is 0 Å². The third-order valence-corrected chi connectivity index (χ3v) is 7.32. The molecule has 0 unspecified atom stereocenters. The van der Waals surface area contributed by atoms with Gasteiger partial charge < -0.3 is 15.0 Å². The zero-order chi connectivity index (χ0) is 22.7. The van der Waals surface area contributed by atoms with Crippen LogP contribution in [0.4, 0.5) is 10.8 Å². The summed E-state index contributed by atoms with van der Waals surface area (Å²) in [6, 6.07) is 7.17. The van der Waals surface area contributed by atoms with Gasteiger partial charge in [0.15, 0.2) is 15.9 Å². The van der Waals surface area contributed by atoms with E-state index in [4.69, 9.17) is 4.74 Å². The van der Waals surface area contributed by atoms with Crippen LogP contribution >= 0.6 is 23.1 Å². The van der Waals surface area contributed by atoms with Crippen LogP contribution in [0.5, 0.6) is 5.75 Å². The Labute approximate surface area is 195 Å². The topological polar surface area (TPSA) is 89.3 Å². The molecule has 3 heterocycles. The summed E-state index contributed by atoms with van der Waals surface area (Å²) in [6.07, 6.45) is 3.52. The summed E-state index contributed by atoms with van der Waals surface area (Å²) in [5.74, 6) is 0.514. The number of carbonyl (C=O) groups excluding carboxylic acids is 1. The van der Waals surface area contributed by atoms with Crippen molar-refractivity contribution in [2.45, 2.75) is 44.3 Å². The minimum atomic E-state index is -0.198. The molecule has 0 spiro atoms. The molecular weight excluding hydrogens is 446 g/mol. The molecule has 170 valence electrons. The summed E-state index contributed by atoms with van der Waals surface area (Å²) in [4.78, 5) is 37.4. The molecule has 8 nitrogen and oxygen atoms in total. The lowest BCUT2D eigenvalue weighted by atomic mass is 10.1. The van der Waals surface area contributed by atoms with Gasteiger partial charge in [-0.15, -0.1) is 0 Å². The highest BCUT2D eigenvalue weighted by Crippen LogP contribution is 2.30. The van der Waals surface area contributed by atoms with E-state index in [0.29, 0.717) is 26.9 Å². The number of piperidine rings is 1. The molecule has 0 atom stereocenters. The molecule has 1 fully saturated rings. The van der Waals surface area contributed by atoms with E-state index in [1.165, 1.54) is 29.5 Å². The number of hydrogen-bond acceptors (Lipinski definition) is 8. The predicted octanol–water partition coefficient (Wildman–Crippen LogP) is 4.16. The second-order valence-corrected chi connectivity index (χ2v) is 9.82. The zero-order valence-corrected chi connectivity index (χ0v) is 20.1. The number of anilines is 2. The highest BCUT2D eigenvalue weighted by molar-refractivity contribution is 7.99. The number of rotatable bonds is 7. The van der Waals surface area contributed by atoms with Crippen molar-refractivity contribution in [3.63, 3.8) is 0 Å². The molecule has 0 aliphatic carbocycles. The number of methoxy groups -OCH3 is 1. The first-order chi connectivity index (χ1) is 15.5. The Morgan fingerprint density at radius 2 is 1.97 bits per heavy atom. The van der Waals surface area contributed by atoms with Gasteiger partial charge in [0.2, 0.25) is 5.91 Å². The minimum absolute atomic E-state index is 0.0836. The number of aromatic nitrogens is 3. The SMILES string of the molecule is COc1ccccc1NC(=O)CSc1nc2nc(N3CCCCC3)sc2c(=O)n1C(C)C. The molecule has 10 heteroatoms. The van der Waals surface area contributed by atoms with Crippen molar-refractivity contribution < 1.29 is 9.53 Å². The van der Waals surface area contributed by atoms with Gasteiger partial charge in [0, 0.05) is 19.1 Å². The monoisotopic (exact) mass is 473 g/mol. The number of benzene rings is 1. The number of thiazole rings is 1. The fraction of sp³-hybridized carbons (Fsp3) is 0.455. The van der Waals surface area contributed by atoms with E-state index in [1.807, 2.05) is 26.0 Å². The predicted molar refractivity (Wildman–Crippen MR) is 130 cm³/mol. The maximum absolute atomic E-state index is 13.3. The van der Waals surface area contributed by atoms with Crippen molar-refractivity contribution in [1.82, 2.24) is 14.5 Å². The first-order valence-electron chi connectivity index (χ1n) is 10.7. The largest absolute Gasteiger partial charge is 0.495 e. The molecule has 4 rings (SSSR count). The second kappa shape index (κ2) is 9.91. The maximum atomic E-state index is 13.3. The summed E-state index contributed by atoms with van der Waals surface area (Å²) in [7, 11) is 1.56. The van der Waals surface area contributed by atoms with E-state index in [1.54, 1.807) is 23.8 Å². The molecule has 2 aromatic heterocycles. The third kappa shape index (κ3) is 4.75. The van der Waals surface area contributed by atoms with Crippen LogP contribution in [-0.2, 0) is 4.79 Å². The van der Waals surface area contributed by atoms with Gasteiger partial charge in [0.05, 0.1) is 18.6 Å². The molecule has 0 radical (unpaired) electrons. The Hall–Kier alpha value is -2.59. The summed E-state index contributed by atoms with van der Waals surface area (Å²) < 4.78 is 7.51. The number of fused-ring (bicyclic) bond motifs is 1. The normalized spacial score (nSPS) is 14.2. The van der Waals surface area contributed by atoms with Gasteiger partial charge in [-0.25, -0.2) is 4.98 Å². The Morgan fingerprint density at radius 1 is 1.22 bits per heavy atom. The molecule has 0 saturated carbocycles. The number of hydrogen-bond donors (Lipinski definition) is 1. The van der Waals surface area contributed by atoms with Crippen LogP contribution in [-0.4, -0.2) is 46.4 Å². The van der Waals surface area contributed by atoms with Crippen molar-refractivity contribution in [2.75, 3.05) is 36.2 Å². The van der Waals surface area contributed by atoms with Crippen LogP contribution in [0.15, 0.2) is 34.2 Å². The lowest BCUT2D eigenvalue weighted by molar-refractivity contribution is -0.113. The van der Waals surface area contributed by atoms with Crippen LogP contribution in [0, 0.1) is 0 Å². The number of para-hydroxylation sites is 2. The minimum Gasteiger partial charge on any atom is -0.495 e. The lowest BCUT2D eigenvalue weighted by Crippen LogP contribution is -2.29. The highest BCUT2D eigenvalue weighted by atomic mass is 32.2. The molecule has 32 heavy (non-hydrogen) atoms. The summed E-state index contributed by atoms with van der Waals surface area (Å²) in [6.45, 7) is 5.81. The van der Waals surface area contributed by atoms with Crippen molar-refractivity contribution in [3.05, 3.63) is 34.6 Å². The van der Waals surface area contributed by atoms with Gasteiger partial charge in [0.25, 0.3) is 5.56 Å². The lowest BCUT2D eigenvalue weighted by Gasteiger charge is -2.25. The fourth-order valence-corrected chi connectivity index (χ4v) is 5.61. The number of nitrogens with zero attached hydrogens (tertiary/aromatic N) is 4. The molecule has 1 amide bonds. The van der Waals surface area contributed by atoms with Gasteiger partial charge in [-0.3, -0.25) is 14.2 Å². The number of thioether (sulfide) groups is 1. The number of amides is 1. The quantitative estimate of drug-likeness (QED) is 0.407. The summed E-state index contributed by atoms with van der Waals surface area (Å²) >= 11 is 2.66. The first kappa shape index (κ1) is 22.6. The van der Waals surface area contributed by atoms with Gasteiger partial charge in [0.1, 0.15) is 10.4 Å². The Balaban J connectivity index is 1.57. The smallest absolute Gasteiger partial charge is 0.274 e. The van der Waals surface area contributed by atoms with Crippen molar-refractivity contribution in [3.8, 4) is 5.75 Å². The second-order valence-electron chi connectivity index (χ2n) is 7.90. The highest BCUT2D eigenvalue weighted by Gasteiger charge is 2.21. The van der Waals surface area contributed by atoms with Crippen LogP contribution in [0.25, 0.3) is 10.3 Å². The molecular formula is C22H27N5O3S2. The van der Waals surface area contributed by atoms with Crippen molar-refractivity contribution >= 4 is 50.2 Å². The molecule has 1 saturated heterocycles. The zero-order valence-electron chi connectivity index (χ0n) is 18.5. The molecule has 3 aromatic rings. The number of nitrogens with one attached hydrogen (secondary N) is 1. The third-order valence-electron chi connectivity index (χ3n) is 5.28. The Bertz CT molecular complexity index is 1170. The molecule has 1 aliphatic heterocycles. The van der Waals surface area contributed by atoms with Gasteiger partial charge in [-0.1, -0.05) is 35.2 Å². The Kier molecular flexibility index (Phi) is 7.00. The summed E-state index contributed by atoms with van der Waals surface area (Å²) in [5, 5.41) is 4.22. The Morgan fingerprint density at radius 3 is 2.69 bits per heavy atom. The van der Waals surface area contributed by atoms with E-state index in [-0.39, 0.29) is 23.3 Å². The van der Waals surface area contributed by atoms with Gasteiger partial charge in [-0.05, 0) is 45.2 Å². The van der Waals surface area contributed by atoms with E-state index in [0.717, 1.165) is 31.1 Å². The molecule has 1 N–H and O–H groups in total. The van der Waals surface area contributed by atoms with Gasteiger partial charge >= 0.3 is 0 Å². The maximum Gasteiger partial charge on any atom is 0.274 e. The number of ether oxygens (including phenoxy) is 1. The fourth-order valence-electron chi connectivity index (χ4n) is 3.70. The molecule has 1 aromatic carbocycles. The molecule has 1 aliphatic rings. The van der Waals surface area contributed by atoms with Crippen LogP contribution in [0.3, 0.4) is 0 Å². The van der Waals surface area contributed by atoms with E-state index >= 15 is 0 Å². The summed E-state index contributed by atoms with van der Waals surface area (Å²) in [5.41, 5.74) is 0.972. The van der Waals surface area contributed by atoms with Crippen LogP contribution < -0.4 is 20.5 Å². The molecule has 0 bridgehead atoms.